The molecule has 2 aromatic heterocycles. The van der Waals surface area contributed by atoms with Crippen molar-refractivity contribution in [2.24, 2.45) is 11.8 Å². The van der Waals surface area contributed by atoms with E-state index in [0.29, 0.717) is 24.9 Å². The number of nitrogen functional groups attached to an aromatic ring is 1. The van der Waals surface area contributed by atoms with Gasteiger partial charge in [-0.25, -0.2) is 4.79 Å². The van der Waals surface area contributed by atoms with E-state index in [9.17, 15) is 9.59 Å². The van der Waals surface area contributed by atoms with Gasteiger partial charge in [0.2, 0.25) is 11.8 Å². The predicted molar refractivity (Wildman–Crippen MR) is 105 cm³/mol. The summed E-state index contributed by atoms with van der Waals surface area (Å²) in [4.78, 5) is 28.9. The molecule has 2 aromatic rings. The van der Waals surface area contributed by atoms with Crippen molar-refractivity contribution in [2.75, 3.05) is 17.2 Å². The second kappa shape index (κ2) is 8.41. The van der Waals surface area contributed by atoms with Crippen LogP contribution in [0.2, 0.25) is 0 Å². The van der Waals surface area contributed by atoms with E-state index < -0.39 is 11.2 Å². The van der Waals surface area contributed by atoms with E-state index in [1.165, 1.54) is 4.57 Å². The van der Waals surface area contributed by atoms with Crippen molar-refractivity contribution < 1.29 is 4.42 Å². The summed E-state index contributed by atoms with van der Waals surface area (Å²) < 4.78 is 7.10. The van der Waals surface area contributed by atoms with Gasteiger partial charge < -0.3 is 15.1 Å². The smallest absolute Gasteiger partial charge is 0.330 e. The fraction of sp³-hybridized carbons (Fsp3) is 0.667. The van der Waals surface area contributed by atoms with Crippen LogP contribution >= 0.6 is 0 Å². The average Bonchev–Trinajstić information content (AvgIpc) is 2.99. The van der Waals surface area contributed by atoms with E-state index in [1.54, 1.807) is 4.90 Å². The standard InChI is InChI=1S/C18H30N6O3/c1-10(2)7-23(9-13-21-22-17(27-13)12(5)6)14-15(19)24(8-11(3)4)18(26)20-16(14)25/h10-12H,7-9,19H2,1-6H3,(H,20,25,26). The molecule has 9 nitrogen and oxygen atoms in total. The van der Waals surface area contributed by atoms with Crippen molar-refractivity contribution in [1.82, 2.24) is 19.7 Å². The van der Waals surface area contributed by atoms with Gasteiger partial charge in [0.1, 0.15) is 11.5 Å². The zero-order valence-corrected chi connectivity index (χ0v) is 16.9. The summed E-state index contributed by atoms with van der Waals surface area (Å²) >= 11 is 0. The highest BCUT2D eigenvalue weighted by Crippen LogP contribution is 2.22. The molecule has 150 valence electrons. The number of anilines is 2. The molecule has 0 spiro atoms. The molecule has 0 amide bonds. The SMILES string of the molecule is CC(C)CN(Cc1nnc(C(C)C)o1)c1c(N)n(CC(C)C)c(=O)[nH]c1=O. The van der Waals surface area contributed by atoms with Crippen LogP contribution in [0.1, 0.15) is 59.2 Å². The molecule has 0 saturated heterocycles. The molecule has 0 atom stereocenters. The zero-order chi connectivity index (χ0) is 20.3. The number of hydrogen-bond donors (Lipinski definition) is 2. The first-order valence-corrected chi connectivity index (χ1v) is 9.29. The molecule has 27 heavy (non-hydrogen) atoms. The first kappa shape index (κ1) is 20.7. The number of H-pyrrole nitrogens is 1. The highest BCUT2D eigenvalue weighted by Gasteiger charge is 2.22. The normalized spacial score (nSPS) is 11.7. The molecular formula is C18H30N6O3. The summed E-state index contributed by atoms with van der Waals surface area (Å²) in [6, 6.07) is 0. The van der Waals surface area contributed by atoms with Crippen molar-refractivity contribution in [3.8, 4) is 0 Å². The Morgan fingerprint density at radius 1 is 1.11 bits per heavy atom. The Bertz CT molecular complexity index is 878. The number of aromatic nitrogens is 4. The molecule has 0 fully saturated rings. The van der Waals surface area contributed by atoms with Gasteiger partial charge in [0.15, 0.2) is 0 Å². The molecule has 0 radical (unpaired) electrons. The number of hydrogen-bond acceptors (Lipinski definition) is 7. The van der Waals surface area contributed by atoms with Crippen LogP contribution in [0.5, 0.6) is 0 Å². The lowest BCUT2D eigenvalue weighted by molar-refractivity contribution is 0.424. The maximum absolute atomic E-state index is 12.6. The van der Waals surface area contributed by atoms with Crippen LogP contribution in [0.3, 0.4) is 0 Å². The van der Waals surface area contributed by atoms with Gasteiger partial charge in [-0.2, -0.15) is 0 Å². The highest BCUT2D eigenvalue weighted by atomic mass is 16.4. The predicted octanol–water partition coefficient (Wildman–Crippen LogP) is 1.94. The molecule has 2 heterocycles. The molecule has 0 aliphatic carbocycles. The number of rotatable bonds is 8. The highest BCUT2D eigenvalue weighted by molar-refractivity contribution is 5.62. The molecule has 3 N–H and O–H groups in total. The molecule has 0 aromatic carbocycles. The third kappa shape index (κ3) is 4.99. The van der Waals surface area contributed by atoms with E-state index in [2.05, 4.69) is 15.2 Å². The van der Waals surface area contributed by atoms with Crippen molar-refractivity contribution in [3.63, 3.8) is 0 Å². The van der Waals surface area contributed by atoms with Crippen molar-refractivity contribution in [3.05, 3.63) is 32.6 Å². The lowest BCUT2D eigenvalue weighted by Gasteiger charge is -2.26. The summed E-state index contributed by atoms with van der Waals surface area (Å²) in [6.45, 7) is 13.2. The Kier molecular flexibility index (Phi) is 6.45. The van der Waals surface area contributed by atoms with Crippen LogP contribution < -0.4 is 21.9 Å². The Balaban J connectivity index is 2.49. The lowest BCUT2D eigenvalue weighted by atomic mass is 10.2. The minimum Gasteiger partial charge on any atom is -0.423 e. The van der Waals surface area contributed by atoms with Gasteiger partial charge in [-0.15, -0.1) is 10.2 Å². The maximum Gasteiger partial charge on any atom is 0.330 e. The van der Waals surface area contributed by atoms with Gasteiger partial charge in [-0.3, -0.25) is 14.3 Å². The van der Waals surface area contributed by atoms with Gasteiger partial charge in [-0.1, -0.05) is 41.5 Å². The van der Waals surface area contributed by atoms with Crippen LogP contribution in [0.15, 0.2) is 14.0 Å². The van der Waals surface area contributed by atoms with Crippen LogP contribution in [0.4, 0.5) is 11.5 Å². The Morgan fingerprint density at radius 2 is 1.78 bits per heavy atom. The van der Waals surface area contributed by atoms with Crippen LogP contribution in [-0.2, 0) is 13.1 Å². The molecule has 0 aliphatic heterocycles. The van der Waals surface area contributed by atoms with Crippen molar-refractivity contribution in [1.29, 1.82) is 0 Å². The van der Waals surface area contributed by atoms with Gasteiger partial charge in [0.05, 0.1) is 6.54 Å². The number of nitrogens with zero attached hydrogens (tertiary/aromatic N) is 4. The molecule has 9 heteroatoms. The maximum atomic E-state index is 12.6. The van der Waals surface area contributed by atoms with Gasteiger partial charge in [0.25, 0.3) is 5.56 Å². The van der Waals surface area contributed by atoms with Crippen molar-refractivity contribution in [2.45, 2.75) is 60.5 Å². The second-order valence-electron chi connectivity index (χ2n) is 7.96. The zero-order valence-electron chi connectivity index (χ0n) is 16.9. The van der Waals surface area contributed by atoms with Gasteiger partial charge in [-0.05, 0) is 11.8 Å². The van der Waals surface area contributed by atoms with Crippen molar-refractivity contribution >= 4 is 11.5 Å². The molecule has 0 aliphatic rings. The summed E-state index contributed by atoms with van der Waals surface area (Å²) in [5.41, 5.74) is 5.50. The van der Waals surface area contributed by atoms with E-state index >= 15 is 0 Å². The van der Waals surface area contributed by atoms with Gasteiger partial charge >= 0.3 is 5.69 Å². The third-order valence-electron chi connectivity index (χ3n) is 3.97. The topological polar surface area (TPSA) is 123 Å². The fourth-order valence-corrected chi connectivity index (χ4v) is 2.83. The molecule has 0 unspecified atom stereocenters. The first-order valence-electron chi connectivity index (χ1n) is 9.29. The van der Waals surface area contributed by atoms with Gasteiger partial charge in [0, 0.05) is 19.0 Å². The summed E-state index contributed by atoms with van der Waals surface area (Å²) in [7, 11) is 0. The summed E-state index contributed by atoms with van der Waals surface area (Å²) in [5, 5.41) is 8.12. The fourth-order valence-electron chi connectivity index (χ4n) is 2.83. The van der Waals surface area contributed by atoms with Crippen LogP contribution in [0.25, 0.3) is 0 Å². The largest absolute Gasteiger partial charge is 0.423 e. The van der Waals surface area contributed by atoms with E-state index in [1.807, 2.05) is 41.5 Å². The monoisotopic (exact) mass is 378 g/mol. The number of nitrogens with two attached hydrogens (primary N) is 1. The lowest BCUT2D eigenvalue weighted by Crippen LogP contribution is -2.40. The summed E-state index contributed by atoms with van der Waals surface area (Å²) in [6.07, 6.45) is 0. The molecule has 2 rings (SSSR count). The number of nitrogens with one attached hydrogen (secondary N) is 1. The Hall–Kier alpha value is -2.58. The quantitative estimate of drug-likeness (QED) is 0.719. The Morgan fingerprint density at radius 3 is 2.30 bits per heavy atom. The Labute approximate surface area is 158 Å². The van der Waals surface area contributed by atoms with Crippen LogP contribution in [-0.4, -0.2) is 26.3 Å². The average molecular weight is 378 g/mol. The van der Waals surface area contributed by atoms with E-state index in [0.717, 1.165) is 0 Å². The molecular weight excluding hydrogens is 348 g/mol. The van der Waals surface area contributed by atoms with E-state index in [4.69, 9.17) is 10.2 Å². The first-order chi connectivity index (χ1) is 12.6. The second-order valence-corrected chi connectivity index (χ2v) is 7.96. The summed E-state index contributed by atoms with van der Waals surface area (Å²) in [5.74, 6) is 1.67. The molecule has 0 bridgehead atoms. The van der Waals surface area contributed by atoms with E-state index in [-0.39, 0.29) is 35.8 Å². The third-order valence-corrected chi connectivity index (χ3v) is 3.97. The van der Waals surface area contributed by atoms with Crippen LogP contribution in [0, 0.1) is 11.8 Å². The minimum absolute atomic E-state index is 0.117. The minimum atomic E-state index is -0.512. The number of aromatic amines is 1. The molecule has 0 saturated carbocycles.